The molecule has 0 spiro atoms. The normalized spacial score (nSPS) is 30.3. The maximum atomic E-state index is 11.7. The average molecular weight is 249 g/mol. The lowest BCUT2D eigenvalue weighted by Gasteiger charge is -2.21. The van der Waals surface area contributed by atoms with Crippen LogP contribution in [0.3, 0.4) is 0 Å². The Kier molecular flexibility index (Phi) is 3.96. The summed E-state index contributed by atoms with van der Waals surface area (Å²) in [5, 5.41) is -0.494. The van der Waals surface area contributed by atoms with E-state index < -0.39 is 26.6 Å². The smallest absolute Gasteiger partial charge is 0.326 e. The van der Waals surface area contributed by atoms with Crippen molar-refractivity contribution in [1.82, 2.24) is 0 Å². The Morgan fingerprint density at radius 2 is 2.12 bits per heavy atom. The van der Waals surface area contributed by atoms with Crippen molar-refractivity contribution in [1.29, 1.82) is 0 Å². The molecule has 1 aliphatic carbocycles. The summed E-state index contributed by atoms with van der Waals surface area (Å²) in [6.07, 6.45) is 1.02. The topological polar surface area (TPSA) is 86.5 Å². The highest BCUT2D eigenvalue weighted by molar-refractivity contribution is 7.92. The first-order valence-electron chi connectivity index (χ1n) is 5.53. The van der Waals surface area contributed by atoms with Crippen molar-refractivity contribution in [2.75, 3.05) is 12.4 Å². The molecular weight excluding hydrogens is 230 g/mol. The molecule has 1 rings (SSSR count). The van der Waals surface area contributed by atoms with Crippen molar-refractivity contribution in [3.05, 3.63) is 0 Å². The van der Waals surface area contributed by atoms with E-state index in [2.05, 4.69) is 0 Å². The van der Waals surface area contributed by atoms with Crippen molar-refractivity contribution in [2.45, 2.75) is 43.9 Å². The van der Waals surface area contributed by atoms with Gasteiger partial charge in [0.25, 0.3) is 0 Å². The van der Waals surface area contributed by atoms with Gasteiger partial charge in [0.1, 0.15) is 5.54 Å². The molecule has 0 aromatic carbocycles. The molecule has 0 unspecified atom stereocenters. The number of hydrogen-bond acceptors (Lipinski definition) is 5. The van der Waals surface area contributed by atoms with E-state index in [9.17, 15) is 13.2 Å². The van der Waals surface area contributed by atoms with Crippen molar-refractivity contribution in [3.63, 3.8) is 0 Å². The molecule has 0 aromatic heterocycles. The minimum Gasteiger partial charge on any atom is -0.465 e. The summed E-state index contributed by atoms with van der Waals surface area (Å²) in [6, 6.07) is 0. The van der Waals surface area contributed by atoms with Gasteiger partial charge in [0.05, 0.1) is 11.9 Å². The summed E-state index contributed by atoms with van der Waals surface area (Å²) in [6.45, 7) is 3.58. The van der Waals surface area contributed by atoms with Crippen molar-refractivity contribution < 1.29 is 17.9 Å². The fourth-order valence-corrected chi connectivity index (χ4v) is 3.53. The van der Waals surface area contributed by atoms with Gasteiger partial charge in [-0.25, -0.2) is 8.42 Å². The monoisotopic (exact) mass is 249 g/mol. The molecule has 2 atom stereocenters. The van der Waals surface area contributed by atoms with Gasteiger partial charge in [-0.15, -0.1) is 0 Å². The van der Waals surface area contributed by atoms with Crippen LogP contribution in [0, 0.1) is 0 Å². The fourth-order valence-electron chi connectivity index (χ4n) is 2.03. The number of sulfone groups is 1. The van der Waals surface area contributed by atoms with Crippen molar-refractivity contribution in [3.8, 4) is 0 Å². The molecule has 1 fully saturated rings. The standard InChI is InChI=1S/C10H19NO4S/c1-3-15-9(12)10(11)6-5-8(7-10)16(13,14)4-2/h8H,3-7,11H2,1-2H3/t8-,10-/m0/s1. The molecule has 94 valence electrons. The number of hydrogen-bond donors (Lipinski definition) is 1. The zero-order chi connectivity index (χ0) is 12.4. The molecule has 0 heterocycles. The molecule has 0 aromatic rings. The second kappa shape index (κ2) is 4.71. The molecule has 2 N–H and O–H groups in total. The van der Waals surface area contributed by atoms with E-state index in [1.54, 1.807) is 13.8 Å². The predicted molar refractivity (Wildman–Crippen MR) is 60.7 cm³/mol. The van der Waals surface area contributed by atoms with Gasteiger partial charge in [-0.1, -0.05) is 6.92 Å². The molecule has 16 heavy (non-hydrogen) atoms. The van der Waals surface area contributed by atoms with Crippen LogP contribution in [0.5, 0.6) is 0 Å². The molecule has 5 nitrogen and oxygen atoms in total. The van der Waals surface area contributed by atoms with Crippen LogP contribution in [-0.4, -0.2) is 37.5 Å². The molecule has 0 amide bonds. The van der Waals surface area contributed by atoms with Gasteiger partial charge in [-0.2, -0.15) is 0 Å². The highest BCUT2D eigenvalue weighted by Gasteiger charge is 2.46. The van der Waals surface area contributed by atoms with Gasteiger partial charge in [-0.05, 0) is 26.2 Å². The quantitative estimate of drug-likeness (QED) is 0.721. The molecular formula is C10H19NO4S. The van der Waals surface area contributed by atoms with Gasteiger partial charge in [-0.3, -0.25) is 4.79 Å². The van der Waals surface area contributed by atoms with Crippen LogP contribution in [0.1, 0.15) is 33.1 Å². The average Bonchev–Trinajstić information content (AvgIpc) is 2.63. The summed E-state index contributed by atoms with van der Waals surface area (Å²) < 4.78 is 28.2. The lowest BCUT2D eigenvalue weighted by molar-refractivity contribution is -0.149. The van der Waals surface area contributed by atoms with E-state index in [1.807, 2.05) is 0 Å². The Bertz CT molecular complexity index is 365. The van der Waals surface area contributed by atoms with Crippen LogP contribution in [0.4, 0.5) is 0 Å². The number of rotatable bonds is 4. The number of esters is 1. The van der Waals surface area contributed by atoms with Crippen molar-refractivity contribution in [2.24, 2.45) is 5.73 Å². The van der Waals surface area contributed by atoms with Gasteiger partial charge in [0.15, 0.2) is 9.84 Å². The van der Waals surface area contributed by atoms with E-state index >= 15 is 0 Å². The highest BCUT2D eigenvalue weighted by Crippen LogP contribution is 2.33. The number of nitrogens with two attached hydrogens (primary N) is 1. The lowest BCUT2D eigenvalue weighted by atomic mass is 10.00. The van der Waals surface area contributed by atoms with Crippen LogP contribution in [-0.2, 0) is 19.4 Å². The van der Waals surface area contributed by atoms with Crippen LogP contribution < -0.4 is 5.73 Å². The largest absolute Gasteiger partial charge is 0.465 e. The number of carbonyl (C=O) groups excluding carboxylic acids is 1. The van der Waals surface area contributed by atoms with Crippen molar-refractivity contribution >= 4 is 15.8 Å². The lowest BCUT2D eigenvalue weighted by Crippen LogP contribution is -2.47. The summed E-state index contributed by atoms with van der Waals surface area (Å²) in [5.74, 6) is -0.389. The van der Waals surface area contributed by atoms with Crippen LogP contribution in [0.25, 0.3) is 0 Å². The van der Waals surface area contributed by atoms with Gasteiger partial charge < -0.3 is 10.5 Å². The first kappa shape index (κ1) is 13.4. The Hall–Kier alpha value is -0.620. The first-order chi connectivity index (χ1) is 7.35. The molecule has 1 saturated carbocycles. The summed E-state index contributed by atoms with van der Waals surface area (Å²) in [7, 11) is -3.11. The predicted octanol–water partition coefficient (Wildman–Crippen LogP) is 0.234. The minimum absolute atomic E-state index is 0.0938. The van der Waals surface area contributed by atoms with Gasteiger partial charge >= 0.3 is 5.97 Å². The molecule has 0 saturated heterocycles. The SMILES string of the molecule is CCOC(=O)[C@]1(N)CC[C@H](S(=O)(=O)CC)C1. The Labute approximate surface area is 96.3 Å². The van der Waals surface area contributed by atoms with E-state index in [-0.39, 0.29) is 18.8 Å². The van der Waals surface area contributed by atoms with Crippen LogP contribution in [0.2, 0.25) is 0 Å². The van der Waals surface area contributed by atoms with Crippen LogP contribution in [0.15, 0.2) is 0 Å². The molecule has 1 aliphatic rings. The molecule has 0 radical (unpaired) electrons. The summed E-state index contributed by atoms with van der Waals surface area (Å²) >= 11 is 0. The Morgan fingerprint density at radius 1 is 1.50 bits per heavy atom. The molecule has 0 bridgehead atoms. The third kappa shape index (κ3) is 2.55. The summed E-state index contributed by atoms with van der Waals surface area (Å²) in [5.41, 5.74) is 4.78. The summed E-state index contributed by atoms with van der Waals surface area (Å²) in [4.78, 5) is 11.6. The van der Waals surface area contributed by atoms with E-state index in [4.69, 9.17) is 10.5 Å². The first-order valence-corrected chi connectivity index (χ1v) is 7.25. The van der Waals surface area contributed by atoms with Gasteiger partial charge in [0, 0.05) is 5.75 Å². The second-order valence-electron chi connectivity index (χ2n) is 4.19. The molecule has 6 heteroatoms. The van der Waals surface area contributed by atoms with E-state index in [0.29, 0.717) is 12.8 Å². The maximum absolute atomic E-state index is 11.7. The fraction of sp³-hybridized carbons (Fsp3) is 0.900. The second-order valence-corrected chi connectivity index (χ2v) is 6.76. The number of ether oxygens (including phenoxy) is 1. The zero-order valence-corrected chi connectivity index (χ0v) is 10.5. The Balaban J connectivity index is 2.75. The number of carbonyl (C=O) groups is 1. The van der Waals surface area contributed by atoms with Crippen LogP contribution >= 0.6 is 0 Å². The van der Waals surface area contributed by atoms with E-state index in [0.717, 1.165) is 0 Å². The minimum atomic E-state index is -3.11. The zero-order valence-electron chi connectivity index (χ0n) is 9.73. The maximum Gasteiger partial charge on any atom is 0.326 e. The highest BCUT2D eigenvalue weighted by atomic mass is 32.2. The van der Waals surface area contributed by atoms with E-state index in [1.165, 1.54) is 0 Å². The van der Waals surface area contributed by atoms with Gasteiger partial charge in [0.2, 0.25) is 0 Å². The Morgan fingerprint density at radius 3 is 2.62 bits per heavy atom. The molecule has 0 aliphatic heterocycles. The third-order valence-electron chi connectivity index (χ3n) is 3.10. The third-order valence-corrected chi connectivity index (χ3v) is 5.32.